The van der Waals surface area contributed by atoms with Crippen LogP contribution in [-0.4, -0.2) is 74.9 Å². The van der Waals surface area contributed by atoms with Crippen molar-refractivity contribution in [2.24, 2.45) is 0 Å². The number of sulfonamides is 1. The van der Waals surface area contributed by atoms with Gasteiger partial charge in [0.1, 0.15) is 16.0 Å². The van der Waals surface area contributed by atoms with Crippen LogP contribution < -0.4 is 9.64 Å². The first-order chi connectivity index (χ1) is 16.3. The number of carbonyl (C=O) groups excluding carboxylic acids is 1. The van der Waals surface area contributed by atoms with Crippen molar-refractivity contribution in [1.29, 1.82) is 0 Å². The number of thiophene rings is 1. The monoisotopic (exact) mass is 522 g/mol. The van der Waals surface area contributed by atoms with Crippen LogP contribution in [0, 0.1) is 0 Å². The maximum Gasteiger partial charge on any atom is 0.253 e. The van der Waals surface area contributed by atoms with Gasteiger partial charge in [0.2, 0.25) is 5.91 Å². The second-order valence-corrected chi connectivity index (χ2v) is 12.5. The van der Waals surface area contributed by atoms with Gasteiger partial charge in [0.25, 0.3) is 10.0 Å². The molecule has 8 nitrogen and oxygen atoms in total. The Hall–Kier alpha value is -2.05. The van der Waals surface area contributed by atoms with Gasteiger partial charge in [-0.3, -0.25) is 9.69 Å². The number of likely N-dealkylation sites (N-methyl/N-ethyl adjacent to an activating group) is 1. The number of hydrogen-bond acceptors (Lipinski definition) is 8. The van der Waals surface area contributed by atoms with E-state index in [1.807, 2.05) is 44.1 Å². The summed E-state index contributed by atoms with van der Waals surface area (Å²) in [6.45, 7) is 3.91. The molecule has 0 radical (unpaired) electrons. The Morgan fingerprint density at radius 3 is 2.76 bits per heavy atom. The molecule has 0 saturated carbocycles. The number of piperidine rings is 1. The minimum atomic E-state index is -3.74. The van der Waals surface area contributed by atoms with E-state index >= 15 is 0 Å². The third-order valence-electron chi connectivity index (χ3n) is 5.72. The molecule has 2 aromatic heterocycles. The van der Waals surface area contributed by atoms with Crippen LogP contribution in [0.15, 0.2) is 39.9 Å². The fourth-order valence-electron chi connectivity index (χ4n) is 4.01. The number of carbonyl (C=O) groups is 1. The SMILES string of the molecule is CCOc1ccc2nc(N(CCN(C)C)C(=O)C3CCCCN3S(=O)(=O)c3cccs3)sc2c1. The summed E-state index contributed by atoms with van der Waals surface area (Å²) in [7, 11) is 0.160. The van der Waals surface area contributed by atoms with Gasteiger partial charge in [0.05, 0.1) is 16.8 Å². The molecule has 1 aromatic carbocycles. The Bertz CT molecular complexity index is 1220. The first-order valence-corrected chi connectivity index (χ1v) is 14.5. The summed E-state index contributed by atoms with van der Waals surface area (Å²) < 4.78 is 34.9. The summed E-state index contributed by atoms with van der Waals surface area (Å²) in [5, 5.41) is 2.32. The van der Waals surface area contributed by atoms with Crippen LogP contribution >= 0.6 is 22.7 Å². The molecular formula is C23H30N4O4S3. The molecule has 4 rings (SSSR count). The number of nitrogens with zero attached hydrogens (tertiary/aromatic N) is 4. The zero-order valence-corrected chi connectivity index (χ0v) is 22.1. The van der Waals surface area contributed by atoms with Gasteiger partial charge in [0, 0.05) is 19.6 Å². The molecule has 0 N–H and O–H groups in total. The molecule has 1 fully saturated rings. The zero-order valence-electron chi connectivity index (χ0n) is 19.6. The predicted molar refractivity (Wildman–Crippen MR) is 138 cm³/mol. The topological polar surface area (TPSA) is 83.1 Å². The first kappa shape index (κ1) is 25.1. The fraction of sp³-hybridized carbons (Fsp3) is 0.478. The van der Waals surface area contributed by atoms with E-state index < -0.39 is 16.1 Å². The molecule has 1 aliphatic rings. The minimum absolute atomic E-state index is 0.217. The second-order valence-electron chi connectivity index (χ2n) is 8.41. The molecule has 0 bridgehead atoms. The van der Waals surface area contributed by atoms with Gasteiger partial charge in [0.15, 0.2) is 5.13 Å². The number of benzene rings is 1. The molecule has 3 aromatic rings. The summed E-state index contributed by atoms with van der Waals surface area (Å²) in [6.07, 6.45) is 2.06. The molecule has 1 amide bonds. The average Bonchev–Trinajstić information content (AvgIpc) is 3.49. The largest absolute Gasteiger partial charge is 0.494 e. The number of aromatic nitrogens is 1. The Balaban J connectivity index is 1.68. The molecule has 0 aliphatic carbocycles. The summed E-state index contributed by atoms with van der Waals surface area (Å²) in [5.41, 5.74) is 0.790. The maximum atomic E-state index is 13.9. The van der Waals surface area contributed by atoms with Crippen molar-refractivity contribution in [2.45, 2.75) is 36.4 Å². The number of rotatable bonds is 9. The van der Waals surface area contributed by atoms with E-state index in [9.17, 15) is 13.2 Å². The van der Waals surface area contributed by atoms with Crippen LogP contribution in [0.5, 0.6) is 5.75 Å². The quantitative estimate of drug-likeness (QED) is 0.424. The minimum Gasteiger partial charge on any atom is -0.494 e. The molecule has 1 unspecified atom stereocenters. The van der Waals surface area contributed by atoms with Crippen LogP contribution in [0.4, 0.5) is 5.13 Å². The van der Waals surface area contributed by atoms with Crippen molar-refractivity contribution in [3.63, 3.8) is 0 Å². The third kappa shape index (κ3) is 5.28. The lowest BCUT2D eigenvalue weighted by Crippen LogP contribution is -2.53. The molecule has 184 valence electrons. The molecule has 0 spiro atoms. The molecule has 1 atom stereocenters. The van der Waals surface area contributed by atoms with Crippen LogP contribution in [0.25, 0.3) is 10.2 Å². The zero-order chi connectivity index (χ0) is 24.3. The normalized spacial score (nSPS) is 17.4. The second kappa shape index (κ2) is 10.7. The van der Waals surface area contributed by atoms with E-state index in [2.05, 4.69) is 0 Å². The third-order valence-corrected chi connectivity index (χ3v) is 10.0. The maximum absolute atomic E-state index is 13.9. The van der Waals surface area contributed by atoms with Crippen LogP contribution in [-0.2, 0) is 14.8 Å². The molecule has 1 saturated heterocycles. The van der Waals surface area contributed by atoms with E-state index in [1.54, 1.807) is 22.4 Å². The van der Waals surface area contributed by atoms with Crippen molar-refractivity contribution in [3.05, 3.63) is 35.7 Å². The van der Waals surface area contributed by atoms with Crippen molar-refractivity contribution in [2.75, 3.05) is 45.2 Å². The van der Waals surface area contributed by atoms with Crippen LogP contribution in [0.2, 0.25) is 0 Å². The Morgan fingerprint density at radius 1 is 1.24 bits per heavy atom. The Labute approximate surface area is 208 Å². The van der Waals surface area contributed by atoms with Crippen LogP contribution in [0.3, 0.4) is 0 Å². The highest BCUT2D eigenvalue weighted by atomic mass is 32.2. The van der Waals surface area contributed by atoms with Gasteiger partial charge in [-0.15, -0.1) is 11.3 Å². The molecule has 34 heavy (non-hydrogen) atoms. The number of ether oxygens (including phenoxy) is 1. The van der Waals surface area contributed by atoms with Gasteiger partial charge < -0.3 is 9.64 Å². The molecule has 3 heterocycles. The van der Waals surface area contributed by atoms with Crippen molar-refractivity contribution in [1.82, 2.24) is 14.2 Å². The van der Waals surface area contributed by atoms with Gasteiger partial charge in [-0.25, -0.2) is 13.4 Å². The van der Waals surface area contributed by atoms with Gasteiger partial charge in [-0.2, -0.15) is 4.31 Å². The lowest BCUT2D eigenvalue weighted by Gasteiger charge is -2.36. The van der Waals surface area contributed by atoms with Crippen molar-refractivity contribution in [3.8, 4) is 5.75 Å². The molecular weight excluding hydrogens is 492 g/mol. The lowest BCUT2D eigenvalue weighted by atomic mass is 10.0. The Kier molecular flexibility index (Phi) is 7.88. The van der Waals surface area contributed by atoms with E-state index in [4.69, 9.17) is 9.72 Å². The van der Waals surface area contributed by atoms with E-state index in [1.165, 1.54) is 27.0 Å². The number of fused-ring (bicyclic) bond motifs is 1. The average molecular weight is 523 g/mol. The summed E-state index contributed by atoms with van der Waals surface area (Å²) >= 11 is 2.61. The fourth-order valence-corrected chi connectivity index (χ4v) is 7.81. The lowest BCUT2D eigenvalue weighted by molar-refractivity contribution is -0.123. The smallest absolute Gasteiger partial charge is 0.253 e. The molecule has 1 aliphatic heterocycles. The Morgan fingerprint density at radius 2 is 2.06 bits per heavy atom. The van der Waals surface area contributed by atoms with Gasteiger partial charge in [-0.1, -0.05) is 23.8 Å². The molecule has 11 heteroatoms. The van der Waals surface area contributed by atoms with Crippen LogP contribution in [0.1, 0.15) is 26.2 Å². The number of anilines is 1. The summed E-state index contributed by atoms with van der Waals surface area (Å²) in [5.74, 6) is 0.544. The first-order valence-electron chi connectivity index (χ1n) is 11.4. The number of thiazole rings is 1. The number of hydrogen-bond donors (Lipinski definition) is 0. The van der Waals surface area contributed by atoms with E-state index in [-0.39, 0.29) is 10.1 Å². The number of amides is 1. The summed E-state index contributed by atoms with van der Waals surface area (Å²) in [6, 6.07) is 8.28. The van der Waals surface area contributed by atoms with Crippen molar-refractivity contribution >= 4 is 54.0 Å². The van der Waals surface area contributed by atoms with Gasteiger partial charge in [-0.05, 0) is 63.5 Å². The van der Waals surface area contributed by atoms with Gasteiger partial charge >= 0.3 is 0 Å². The predicted octanol–water partition coefficient (Wildman–Crippen LogP) is 3.89. The van der Waals surface area contributed by atoms with E-state index in [0.717, 1.165) is 28.8 Å². The highest BCUT2D eigenvalue weighted by Gasteiger charge is 2.40. The van der Waals surface area contributed by atoms with E-state index in [0.29, 0.717) is 37.8 Å². The highest BCUT2D eigenvalue weighted by molar-refractivity contribution is 7.91. The highest BCUT2D eigenvalue weighted by Crippen LogP contribution is 2.34. The van der Waals surface area contributed by atoms with Crippen molar-refractivity contribution < 1.29 is 17.9 Å². The summed E-state index contributed by atoms with van der Waals surface area (Å²) in [4.78, 5) is 22.3. The standard InChI is InChI=1S/C23H30N4O4S3/c1-4-31-17-10-11-18-20(16-17)33-23(24-18)26(14-13-25(2)3)22(28)19-8-5-6-12-27(19)34(29,30)21-9-7-15-32-21/h7,9-11,15-16,19H,4-6,8,12-14H2,1-3H3.